The van der Waals surface area contributed by atoms with Crippen molar-refractivity contribution in [1.29, 1.82) is 0 Å². The molecule has 13 heteroatoms. The van der Waals surface area contributed by atoms with Crippen LogP contribution in [0.2, 0.25) is 0 Å². The number of phosphoric acid groups is 1. The molecular formula is C59H103O12P. The summed E-state index contributed by atoms with van der Waals surface area (Å²) in [6.07, 6.45) is 53.5. The zero-order valence-electron chi connectivity index (χ0n) is 45.0. The molecule has 6 atom stereocenters. The first-order valence-corrected chi connectivity index (χ1v) is 29.9. The predicted octanol–water partition coefficient (Wildman–Crippen LogP) is 13.7. The molecule has 0 spiro atoms. The van der Waals surface area contributed by atoms with Crippen LogP contribution in [0.5, 0.6) is 0 Å². The summed E-state index contributed by atoms with van der Waals surface area (Å²) in [6.45, 7) is 4.13. The van der Waals surface area contributed by atoms with Crippen LogP contribution in [0.15, 0.2) is 85.1 Å². The molecule has 416 valence electrons. The van der Waals surface area contributed by atoms with Crippen LogP contribution in [0.1, 0.15) is 219 Å². The maximum absolute atomic E-state index is 12.9. The Labute approximate surface area is 437 Å². The number of ether oxygens (including phenoxy) is 2. The lowest BCUT2D eigenvalue weighted by Crippen LogP contribution is -2.64. The van der Waals surface area contributed by atoms with E-state index in [0.29, 0.717) is 13.0 Å². The van der Waals surface area contributed by atoms with Crippen LogP contribution in [-0.2, 0) is 27.9 Å². The average Bonchev–Trinajstić information content (AvgIpc) is 3.37. The molecular weight excluding hydrogens is 932 g/mol. The Morgan fingerprint density at radius 1 is 0.458 bits per heavy atom. The molecule has 12 nitrogen and oxygen atoms in total. The molecule has 1 aliphatic rings. The molecule has 1 rings (SSSR count). The Balaban J connectivity index is 2.31. The van der Waals surface area contributed by atoms with Crippen LogP contribution in [0.3, 0.4) is 0 Å². The Kier molecular flexibility index (Phi) is 45.2. The van der Waals surface area contributed by atoms with Gasteiger partial charge in [-0.1, -0.05) is 208 Å². The van der Waals surface area contributed by atoms with E-state index >= 15 is 0 Å². The second kappa shape index (κ2) is 48.2. The van der Waals surface area contributed by atoms with E-state index in [0.717, 1.165) is 96.3 Å². The lowest BCUT2D eigenvalue weighted by atomic mass is 9.85. The van der Waals surface area contributed by atoms with E-state index in [1.165, 1.54) is 96.3 Å². The molecule has 0 saturated heterocycles. The second-order valence-corrected chi connectivity index (χ2v) is 20.8. The maximum atomic E-state index is 12.9. The minimum atomic E-state index is -5.04. The highest BCUT2D eigenvalue weighted by atomic mass is 31.2. The molecule has 0 aliphatic heterocycles. The Morgan fingerprint density at radius 3 is 1.25 bits per heavy atom. The SMILES string of the molecule is CC/C=C\C/C=C\C/C=C\C/C=C\CCCCCCCCCCCCC(=O)OC(COCCCCCCCCC/C=C\C/C=C\C/C=C\CCCCCCC)COP(=O)(O)OC1C(O)C(O)C(O)C(O)C1O. The molecule has 0 bridgehead atoms. The number of aliphatic hydroxyl groups is 5. The number of carbonyl (C=O) groups is 1. The first-order chi connectivity index (χ1) is 35.0. The van der Waals surface area contributed by atoms with Crippen molar-refractivity contribution in [3.63, 3.8) is 0 Å². The zero-order chi connectivity index (χ0) is 52.6. The van der Waals surface area contributed by atoms with E-state index in [-0.39, 0.29) is 13.0 Å². The van der Waals surface area contributed by atoms with Crippen LogP contribution >= 0.6 is 7.82 Å². The molecule has 1 saturated carbocycles. The first kappa shape index (κ1) is 67.5. The van der Waals surface area contributed by atoms with Crippen LogP contribution in [-0.4, -0.2) is 98.9 Å². The molecule has 1 fully saturated rings. The monoisotopic (exact) mass is 1030 g/mol. The van der Waals surface area contributed by atoms with Gasteiger partial charge in [-0.25, -0.2) is 4.57 Å². The standard InChI is InChI=1S/C59H103O12P/c1-3-5-7-9-11-13-15-17-19-21-23-25-27-28-30-32-34-36-38-40-42-44-46-48-53(60)70-52(51-69-72(66,67)71-59-57(64)55(62)54(61)56(63)58(59)65)50-68-49-47-45-43-41-39-37-35-33-31-29-26-24-22-20-18-16-14-12-10-8-6-4-2/h5,7,11,13,16-19,22-25,29,31,52,54-59,61-65H,3-4,6,8-10,12,14-15,20-21,26-28,30,32-51H2,1-2H3,(H,66,67)/b7-5-,13-11-,18-16-,19-17-,24-22-,25-23-,31-29-. The number of unbranched alkanes of at least 4 members (excludes halogenated alkanes) is 22. The number of rotatable bonds is 48. The van der Waals surface area contributed by atoms with E-state index in [4.69, 9.17) is 18.5 Å². The van der Waals surface area contributed by atoms with Crippen LogP contribution in [0.25, 0.3) is 0 Å². The lowest BCUT2D eigenvalue weighted by Gasteiger charge is -2.41. The molecule has 1 aliphatic carbocycles. The van der Waals surface area contributed by atoms with Gasteiger partial charge < -0.3 is 39.9 Å². The van der Waals surface area contributed by atoms with Crippen molar-refractivity contribution < 1.29 is 58.3 Å². The third-order valence-electron chi connectivity index (χ3n) is 12.8. The second-order valence-electron chi connectivity index (χ2n) is 19.4. The first-order valence-electron chi connectivity index (χ1n) is 28.4. The quantitative estimate of drug-likeness (QED) is 0.0146. The van der Waals surface area contributed by atoms with E-state index in [2.05, 4.69) is 98.9 Å². The van der Waals surface area contributed by atoms with E-state index in [1.54, 1.807) is 0 Å². The fourth-order valence-corrected chi connectivity index (χ4v) is 9.27. The van der Waals surface area contributed by atoms with Crippen molar-refractivity contribution in [3.05, 3.63) is 85.1 Å². The van der Waals surface area contributed by atoms with E-state index in [1.807, 2.05) is 0 Å². The Hall–Kier alpha value is -2.48. The molecule has 0 aromatic heterocycles. The molecule has 6 N–H and O–H groups in total. The summed E-state index contributed by atoms with van der Waals surface area (Å²) in [6, 6.07) is 0. The van der Waals surface area contributed by atoms with Gasteiger partial charge in [0.2, 0.25) is 0 Å². The van der Waals surface area contributed by atoms with Crippen molar-refractivity contribution >= 4 is 13.8 Å². The van der Waals surface area contributed by atoms with Crippen molar-refractivity contribution in [2.24, 2.45) is 0 Å². The fourth-order valence-electron chi connectivity index (χ4n) is 8.30. The highest BCUT2D eigenvalue weighted by molar-refractivity contribution is 7.47. The van der Waals surface area contributed by atoms with Crippen LogP contribution in [0, 0.1) is 0 Å². The number of hydrogen-bond acceptors (Lipinski definition) is 11. The normalized spacial score (nSPS) is 21.3. The highest BCUT2D eigenvalue weighted by Crippen LogP contribution is 2.47. The smallest absolute Gasteiger partial charge is 0.457 e. The maximum Gasteiger partial charge on any atom is 0.472 e. The van der Waals surface area contributed by atoms with Gasteiger partial charge in [-0.2, -0.15) is 0 Å². The molecule has 0 aromatic carbocycles. The summed E-state index contributed by atoms with van der Waals surface area (Å²) in [7, 11) is -5.04. The lowest BCUT2D eigenvalue weighted by molar-refractivity contribution is -0.220. The van der Waals surface area contributed by atoms with Gasteiger partial charge in [-0.05, 0) is 89.9 Å². The molecule has 6 unspecified atom stereocenters. The van der Waals surface area contributed by atoms with Gasteiger partial charge in [0, 0.05) is 13.0 Å². The van der Waals surface area contributed by atoms with E-state index < -0.39 is 63.1 Å². The highest BCUT2D eigenvalue weighted by Gasteiger charge is 2.51. The third kappa shape index (κ3) is 39.0. The average molecular weight is 1040 g/mol. The van der Waals surface area contributed by atoms with E-state index in [9.17, 15) is 39.8 Å². The van der Waals surface area contributed by atoms with Gasteiger partial charge >= 0.3 is 13.8 Å². The third-order valence-corrected chi connectivity index (χ3v) is 13.7. The van der Waals surface area contributed by atoms with Gasteiger partial charge in [-0.15, -0.1) is 0 Å². The fraction of sp³-hybridized carbons (Fsp3) is 0.746. The van der Waals surface area contributed by atoms with Crippen LogP contribution in [0.4, 0.5) is 0 Å². The summed E-state index contributed by atoms with van der Waals surface area (Å²) >= 11 is 0. The summed E-state index contributed by atoms with van der Waals surface area (Å²) in [5.41, 5.74) is 0. The summed E-state index contributed by atoms with van der Waals surface area (Å²) < 4.78 is 34.4. The number of phosphoric ester groups is 1. The summed E-state index contributed by atoms with van der Waals surface area (Å²) in [5.74, 6) is -0.487. The topological polar surface area (TPSA) is 192 Å². The Morgan fingerprint density at radius 2 is 0.819 bits per heavy atom. The minimum Gasteiger partial charge on any atom is -0.457 e. The van der Waals surface area contributed by atoms with Crippen LogP contribution < -0.4 is 0 Å². The number of aliphatic hydroxyl groups excluding tert-OH is 5. The molecule has 0 aromatic rings. The minimum absolute atomic E-state index is 0.0892. The predicted molar refractivity (Wildman–Crippen MR) is 294 cm³/mol. The largest absolute Gasteiger partial charge is 0.472 e. The van der Waals surface area contributed by atoms with Crippen molar-refractivity contribution in [2.75, 3.05) is 19.8 Å². The Bertz CT molecular complexity index is 1510. The van der Waals surface area contributed by atoms with Crippen molar-refractivity contribution in [1.82, 2.24) is 0 Å². The molecule has 0 radical (unpaired) electrons. The molecule has 0 amide bonds. The zero-order valence-corrected chi connectivity index (χ0v) is 45.8. The van der Waals surface area contributed by atoms with Gasteiger partial charge in [0.15, 0.2) is 0 Å². The summed E-state index contributed by atoms with van der Waals surface area (Å²) in [5, 5.41) is 50.4. The van der Waals surface area contributed by atoms with Gasteiger partial charge in [0.05, 0.1) is 13.2 Å². The summed E-state index contributed by atoms with van der Waals surface area (Å²) in [4.78, 5) is 23.3. The van der Waals surface area contributed by atoms with Gasteiger partial charge in [-0.3, -0.25) is 13.8 Å². The van der Waals surface area contributed by atoms with Gasteiger partial charge in [0.25, 0.3) is 0 Å². The van der Waals surface area contributed by atoms with Gasteiger partial charge in [0.1, 0.15) is 42.7 Å². The molecule has 0 heterocycles. The van der Waals surface area contributed by atoms with Crippen molar-refractivity contribution in [3.8, 4) is 0 Å². The molecule has 72 heavy (non-hydrogen) atoms. The number of allylic oxidation sites excluding steroid dienone is 14. The van der Waals surface area contributed by atoms with Crippen molar-refractivity contribution in [2.45, 2.75) is 262 Å². The number of hydrogen-bond donors (Lipinski definition) is 6. The number of esters is 1. The number of carbonyl (C=O) groups excluding carboxylic acids is 1.